The number of para-hydroxylation sites is 2. The molecule has 5 rings (SSSR count). The number of nitrogens with one attached hydrogen (secondary N) is 2. The van der Waals surface area contributed by atoms with Crippen LogP contribution in [0.3, 0.4) is 0 Å². The molecule has 0 saturated carbocycles. The Hall–Kier alpha value is -3.93. The SMILES string of the molecule is Nc1nc2c(CC3=CCc4ccccc4[N+]3=O)cc(CNc3ccccc3)cc2[nH]1. The van der Waals surface area contributed by atoms with Crippen LogP contribution in [-0.2, 0) is 19.4 Å². The summed E-state index contributed by atoms with van der Waals surface area (Å²) in [5.41, 5.74) is 13.2. The number of aromatic nitrogens is 2. The minimum Gasteiger partial charge on any atom is -0.381 e. The first kappa shape index (κ1) is 18.1. The summed E-state index contributed by atoms with van der Waals surface area (Å²) in [6, 6.07) is 22.0. The number of allylic oxidation sites excluding steroid dienone is 2. The number of H-pyrrole nitrogens is 1. The third-order valence-corrected chi connectivity index (χ3v) is 5.41. The highest BCUT2D eigenvalue weighted by molar-refractivity contribution is 5.82. The summed E-state index contributed by atoms with van der Waals surface area (Å²) < 4.78 is 1.04. The largest absolute Gasteiger partial charge is 0.381 e. The fourth-order valence-corrected chi connectivity index (χ4v) is 3.96. The monoisotopic (exact) mass is 396 g/mol. The Bertz CT molecular complexity index is 1270. The van der Waals surface area contributed by atoms with Gasteiger partial charge in [-0.3, -0.25) is 0 Å². The molecule has 4 aromatic rings. The third-order valence-electron chi connectivity index (χ3n) is 5.41. The van der Waals surface area contributed by atoms with E-state index in [-0.39, 0.29) is 0 Å². The lowest BCUT2D eigenvalue weighted by Crippen LogP contribution is -2.12. The highest BCUT2D eigenvalue weighted by Gasteiger charge is 2.29. The Balaban J connectivity index is 1.46. The Morgan fingerprint density at radius 2 is 1.87 bits per heavy atom. The number of rotatable bonds is 5. The Morgan fingerprint density at radius 3 is 2.73 bits per heavy atom. The zero-order valence-electron chi connectivity index (χ0n) is 16.4. The van der Waals surface area contributed by atoms with E-state index in [1.165, 1.54) is 0 Å². The molecule has 0 spiro atoms. The van der Waals surface area contributed by atoms with Gasteiger partial charge < -0.3 is 16.0 Å². The first-order valence-corrected chi connectivity index (χ1v) is 9.97. The zero-order valence-corrected chi connectivity index (χ0v) is 16.4. The number of fused-ring (bicyclic) bond motifs is 2. The van der Waals surface area contributed by atoms with Crippen LogP contribution >= 0.6 is 0 Å². The molecule has 1 aliphatic rings. The number of nitrogens with zero attached hydrogens (tertiary/aromatic N) is 2. The minimum absolute atomic E-state index is 0.376. The van der Waals surface area contributed by atoms with Gasteiger partial charge in [0.1, 0.15) is 0 Å². The topological polar surface area (TPSA) is 86.8 Å². The number of imidazole rings is 1. The van der Waals surface area contributed by atoms with Gasteiger partial charge in [-0.25, -0.2) is 4.98 Å². The van der Waals surface area contributed by atoms with Crippen LogP contribution in [0.15, 0.2) is 78.5 Å². The summed E-state index contributed by atoms with van der Waals surface area (Å²) in [6.45, 7) is 0.662. The molecule has 6 nitrogen and oxygen atoms in total. The van der Waals surface area contributed by atoms with E-state index in [0.29, 0.717) is 18.9 Å². The Kier molecular flexibility index (Phi) is 4.52. The number of benzene rings is 3. The molecule has 0 saturated heterocycles. The summed E-state index contributed by atoms with van der Waals surface area (Å²) in [7, 11) is 0. The molecule has 0 aliphatic carbocycles. The number of hydrogen-bond donors (Lipinski definition) is 3. The molecule has 148 valence electrons. The number of nitrogens with two attached hydrogens (primary N) is 1. The lowest BCUT2D eigenvalue weighted by molar-refractivity contribution is -0.412. The van der Waals surface area contributed by atoms with E-state index in [2.05, 4.69) is 27.4 Å². The first-order valence-electron chi connectivity index (χ1n) is 9.97. The van der Waals surface area contributed by atoms with Crippen LogP contribution in [0.4, 0.5) is 17.3 Å². The number of aromatic amines is 1. The predicted molar refractivity (Wildman–Crippen MR) is 119 cm³/mol. The molecule has 0 radical (unpaired) electrons. The van der Waals surface area contributed by atoms with Gasteiger partial charge in [0.2, 0.25) is 5.70 Å². The van der Waals surface area contributed by atoms with Gasteiger partial charge in [0.15, 0.2) is 5.95 Å². The maximum Gasteiger partial charge on any atom is 0.266 e. The molecule has 30 heavy (non-hydrogen) atoms. The maximum absolute atomic E-state index is 12.9. The van der Waals surface area contributed by atoms with Crippen molar-refractivity contribution >= 4 is 28.4 Å². The zero-order chi connectivity index (χ0) is 20.5. The van der Waals surface area contributed by atoms with Crippen molar-refractivity contribution in [1.29, 1.82) is 0 Å². The second-order valence-corrected chi connectivity index (χ2v) is 7.49. The maximum atomic E-state index is 12.9. The molecule has 2 heterocycles. The van der Waals surface area contributed by atoms with Gasteiger partial charge in [-0.05, 0) is 35.4 Å². The second-order valence-electron chi connectivity index (χ2n) is 7.49. The van der Waals surface area contributed by atoms with E-state index in [1.54, 1.807) is 0 Å². The van der Waals surface area contributed by atoms with E-state index in [1.807, 2.05) is 60.7 Å². The highest BCUT2D eigenvalue weighted by atomic mass is 16.3. The van der Waals surface area contributed by atoms with Crippen molar-refractivity contribution in [2.45, 2.75) is 19.4 Å². The second kappa shape index (κ2) is 7.48. The Morgan fingerprint density at radius 1 is 1.07 bits per heavy atom. The van der Waals surface area contributed by atoms with Crippen molar-refractivity contribution in [1.82, 2.24) is 9.97 Å². The van der Waals surface area contributed by atoms with Gasteiger partial charge in [-0.2, -0.15) is 0 Å². The van der Waals surface area contributed by atoms with Crippen molar-refractivity contribution in [2.24, 2.45) is 0 Å². The van der Waals surface area contributed by atoms with Crippen molar-refractivity contribution in [3.05, 3.63) is 100 Å². The first-order chi connectivity index (χ1) is 14.7. The quantitative estimate of drug-likeness (QED) is 0.421. The summed E-state index contributed by atoms with van der Waals surface area (Å²) in [5, 5.41) is 3.43. The van der Waals surface area contributed by atoms with Crippen molar-refractivity contribution in [2.75, 3.05) is 11.1 Å². The molecule has 0 fully saturated rings. The van der Waals surface area contributed by atoms with Gasteiger partial charge in [0.05, 0.1) is 22.2 Å². The fourth-order valence-electron chi connectivity index (χ4n) is 3.96. The predicted octanol–water partition coefficient (Wildman–Crippen LogP) is 4.85. The lowest BCUT2D eigenvalue weighted by atomic mass is 9.99. The normalized spacial score (nSPS) is 13.2. The van der Waals surface area contributed by atoms with Crippen LogP contribution < -0.4 is 11.1 Å². The van der Waals surface area contributed by atoms with Crippen LogP contribution in [0.1, 0.15) is 16.7 Å². The van der Waals surface area contributed by atoms with Crippen molar-refractivity contribution < 1.29 is 4.76 Å². The van der Waals surface area contributed by atoms with Crippen LogP contribution in [0.25, 0.3) is 11.0 Å². The van der Waals surface area contributed by atoms with E-state index in [0.717, 1.165) is 56.0 Å². The molecule has 0 unspecified atom stereocenters. The number of hydrogen-bond acceptors (Lipinski definition) is 4. The van der Waals surface area contributed by atoms with Crippen LogP contribution in [0.2, 0.25) is 0 Å². The van der Waals surface area contributed by atoms with E-state index >= 15 is 0 Å². The van der Waals surface area contributed by atoms with E-state index in [9.17, 15) is 4.91 Å². The van der Waals surface area contributed by atoms with Crippen LogP contribution in [-0.4, -0.2) is 14.7 Å². The molecule has 0 amide bonds. The molecular weight excluding hydrogens is 374 g/mol. The summed E-state index contributed by atoms with van der Waals surface area (Å²) in [5.74, 6) is 0.376. The van der Waals surface area contributed by atoms with Crippen LogP contribution in [0.5, 0.6) is 0 Å². The molecule has 1 aliphatic heterocycles. The van der Waals surface area contributed by atoms with Gasteiger partial charge in [0.25, 0.3) is 5.69 Å². The average molecular weight is 396 g/mol. The smallest absolute Gasteiger partial charge is 0.266 e. The summed E-state index contributed by atoms with van der Waals surface area (Å²) >= 11 is 0. The number of anilines is 2. The van der Waals surface area contributed by atoms with Gasteiger partial charge in [-0.15, -0.1) is 0 Å². The van der Waals surface area contributed by atoms with Gasteiger partial charge in [-0.1, -0.05) is 42.5 Å². The van der Waals surface area contributed by atoms with E-state index < -0.39 is 0 Å². The summed E-state index contributed by atoms with van der Waals surface area (Å²) in [4.78, 5) is 20.5. The van der Waals surface area contributed by atoms with Crippen molar-refractivity contribution in [3.63, 3.8) is 0 Å². The fraction of sp³-hybridized carbons (Fsp3) is 0.125. The standard InChI is InChI=1S/C24H22N5O/c25-24-27-21-13-16(15-26-19-7-2-1-3-8-19)12-18(23(21)28-24)14-20-11-10-17-6-4-5-9-22(17)29(20)30/h1-9,11-13,26H,10,14-15H2,(H3,25,27,28)/q+1. The van der Waals surface area contributed by atoms with Crippen LogP contribution in [0, 0.1) is 4.91 Å². The van der Waals surface area contributed by atoms with Crippen molar-refractivity contribution in [3.8, 4) is 0 Å². The molecule has 3 aromatic carbocycles. The molecule has 6 heteroatoms. The molecule has 1 aromatic heterocycles. The highest BCUT2D eigenvalue weighted by Crippen LogP contribution is 2.30. The van der Waals surface area contributed by atoms with Gasteiger partial charge >= 0.3 is 0 Å². The average Bonchev–Trinajstić information content (AvgIpc) is 3.15. The number of nitrogen functional groups attached to an aromatic ring is 1. The number of nitroso groups, excluding NO2 is 1. The molecule has 0 bridgehead atoms. The molecular formula is C24H22N5O+. The van der Waals surface area contributed by atoms with E-state index in [4.69, 9.17) is 5.73 Å². The van der Waals surface area contributed by atoms with Gasteiger partial charge in [0, 0.05) is 35.2 Å². The Labute approximate surface area is 174 Å². The lowest BCUT2D eigenvalue weighted by Gasteiger charge is -2.11. The molecule has 4 N–H and O–H groups in total. The third kappa shape index (κ3) is 3.43. The molecule has 0 atom stereocenters. The minimum atomic E-state index is 0.376. The summed E-state index contributed by atoms with van der Waals surface area (Å²) in [6.07, 6.45) is 3.26.